The van der Waals surface area contributed by atoms with Crippen molar-refractivity contribution in [2.75, 3.05) is 18.0 Å². The Balaban J connectivity index is 2.23. The second-order valence-electron chi connectivity index (χ2n) is 3.39. The van der Waals surface area contributed by atoms with Crippen LogP contribution in [-0.2, 0) is 0 Å². The number of hydrogen-bond acceptors (Lipinski definition) is 1. The number of nitrogens with zero attached hydrogens (tertiary/aromatic N) is 1. The van der Waals surface area contributed by atoms with Gasteiger partial charge in [0.15, 0.2) is 0 Å². The SMILES string of the molecule is C=C1CN(c2ccccc2C)C1. The minimum atomic E-state index is 1.03. The third-order valence-electron chi connectivity index (χ3n) is 2.29. The summed E-state index contributed by atoms with van der Waals surface area (Å²) in [5.74, 6) is 0. The van der Waals surface area contributed by atoms with Crippen LogP contribution < -0.4 is 4.90 Å². The highest BCUT2D eigenvalue weighted by Gasteiger charge is 2.18. The van der Waals surface area contributed by atoms with Gasteiger partial charge in [0.1, 0.15) is 0 Å². The van der Waals surface area contributed by atoms with Gasteiger partial charge < -0.3 is 4.90 Å². The topological polar surface area (TPSA) is 3.24 Å². The summed E-state index contributed by atoms with van der Waals surface area (Å²) >= 11 is 0. The predicted molar refractivity (Wildman–Crippen MR) is 52.5 cm³/mol. The predicted octanol–water partition coefficient (Wildman–Crippen LogP) is 2.37. The summed E-state index contributed by atoms with van der Waals surface area (Å²) in [4.78, 5) is 2.34. The van der Waals surface area contributed by atoms with Gasteiger partial charge in [0, 0.05) is 18.8 Å². The molecule has 0 aliphatic carbocycles. The molecule has 1 aromatic carbocycles. The van der Waals surface area contributed by atoms with Crippen molar-refractivity contribution in [3.8, 4) is 0 Å². The van der Waals surface area contributed by atoms with Crippen molar-refractivity contribution in [3.05, 3.63) is 42.0 Å². The Morgan fingerprint density at radius 1 is 1.25 bits per heavy atom. The van der Waals surface area contributed by atoms with Gasteiger partial charge in [0.05, 0.1) is 0 Å². The zero-order valence-corrected chi connectivity index (χ0v) is 7.38. The van der Waals surface area contributed by atoms with Gasteiger partial charge in [0.25, 0.3) is 0 Å². The molecule has 0 aromatic heterocycles. The molecular formula is C11H13N. The first-order valence-electron chi connectivity index (χ1n) is 4.24. The first-order chi connectivity index (χ1) is 5.77. The van der Waals surface area contributed by atoms with Gasteiger partial charge in [0.2, 0.25) is 0 Å². The highest BCUT2D eigenvalue weighted by molar-refractivity contribution is 5.57. The summed E-state index contributed by atoms with van der Waals surface area (Å²) < 4.78 is 0. The van der Waals surface area contributed by atoms with Crippen molar-refractivity contribution in [1.82, 2.24) is 0 Å². The first-order valence-corrected chi connectivity index (χ1v) is 4.24. The second-order valence-corrected chi connectivity index (χ2v) is 3.39. The van der Waals surface area contributed by atoms with E-state index in [2.05, 4.69) is 42.7 Å². The van der Waals surface area contributed by atoms with Crippen LogP contribution in [0.15, 0.2) is 36.4 Å². The standard InChI is InChI=1S/C11H13N/c1-9-7-12(8-9)11-6-4-3-5-10(11)2/h3-6H,1,7-8H2,2H3. The number of benzene rings is 1. The van der Waals surface area contributed by atoms with E-state index in [1.165, 1.54) is 16.8 Å². The number of aryl methyl sites for hydroxylation is 1. The molecule has 1 fully saturated rings. The fraction of sp³-hybridized carbons (Fsp3) is 0.273. The van der Waals surface area contributed by atoms with Crippen LogP contribution in [0.3, 0.4) is 0 Å². The van der Waals surface area contributed by atoms with Crippen LogP contribution >= 0.6 is 0 Å². The molecular weight excluding hydrogens is 146 g/mol. The molecule has 12 heavy (non-hydrogen) atoms. The highest BCUT2D eigenvalue weighted by Crippen LogP contribution is 2.25. The molecule has 0 saturated carbocycles. The molecule has 0 radical (unpaired) electrons. The van der Waals surface area contributed by atoms with Crippen molar-refractivity contribution in [2.45, 2.75) is 6.92 Å². The molecule has 0 unspecified atom stereocenters. The fourth-order valence-electron chi connectivity index (χ4n) is 1.58. The van der Waals surface area contributed by atoms with E-state index >= 15 is 0 Å². The summed E-state index contributed by atoms with van der Waals surface area (Å²) in [5, 5.41) is 0. The molecule has 62 valence electrons. The summed E-state index contributed by atoms with van der Waals surface area (Å²) in [7, 11) is 0. The van der Waals surface area contributed by atoms with Crippen LogP contribution in [0.2, 0.25) is 0 Å². The minimum absolute atomic E-state index is 1.03. The molecule has 1 nitrogen and oxygen atoms in total. The maximum absolute atomic E-state index is 3.92. The van der Waals surface area contributed by atoms with E-state index in [9.17, 15) is 0 Å². The lowest BCUT2D eigenvalue weighted by molar-refractivity contribution is 0.773. The van der Waals surface area contributed by atoms with Crippen LogP contribution in [0.25, 0.3) is 0 Å². The Morgan fingerprint density at radius 2 is 1.92 bits per heavy atom. The van der Waals surface area contributed by atoms with E-state index in [-0.39, 0.29) is 0 Å². The lowest BCUT2D eigenvalue weighted by Crippen LogP contribution is -2.39. The number of hydrogen-bond donors (Lipinski definition) is 0. The molecule has 1 heterocycles. The normalized spacial score (nSPS) is 16.1. The molecule has 0 N–H and O–H groups in total. The van der Waals surface area contributed by atoms with Crippen LogP contribution in [0.4, 0.5) is 5.69 Å². The fourth-order valence-corrected chi connectivity index (χ4v) is 1.58. The van der Waals surface area contributed by atoms with Crippen molar-refractivity contribution >= 4 is 5.69 Å². The summed E-state index contributed by atoms with van der Waals surface area (Å²) in [6.45, 7) is 8.14. The largest absolute Gasteiger partial charge is 0.363 e. The third kappa shape index (κ3) is 1.11. The Kier molecular flexibility index (Phi) is 1.65. The van der Waals surface area contributed by atoms with Crippen LogP contribution in [0.5, 0.6) is 0 Å². The lowest BCUT2D eigenvalue weighted by Gasteiger charge is -2.36. The first kappa shape index (κ1) is 7.41. The van der Waals surface area contributed by atoms with Crippen molar-refractivity contribution in [3.63, 3.8) is 0 Å². The molecule has 1 heteroatoms. The van der Waals surface area contributed by atoms with Crippen LogP contribution in [0, 0.1) is 6.92 Å². The molecule has 2 rings (SSSR count). The zero-order chi connectivity index (χ0) is 8.55. The van der Waals surface area contributed by atoms with E-state index in [4.69, 9.17) is 0 Å². The van der Waals surface area contributed by atoms with E-state index in [0.717, 1.165) is 13.1 Å². The summed E-state index contributed by atoms with van der Waals surface area (Å²) in [5.41, 5.74) is 4.04. The monoisotopic (exact) mass is 159 g/mol. The van der Waals surface area contributed by atoms with Gasteiger partial charge in [-0.2, -0.15) is 0 Å². The average Bonchev–Trinajstić information content (AvgIpc) is 2.01. The van der Waals surface area contributed by atoms with E-state index in [1.54, 1.807) is 0 Å². The Labute approximate surface area is 73.3 Å². The molecule has 0 atom stereocenters. The molecule has 1 aliphatic rings. The maximum atomic E-state index is 3.92. The smallest absolute Gasteiger partial charge is 0.0407 e. The van der Waals surface area contributed by atoms with Crippen LogP contribution in [-0.4, -0.2) is 13.1 Å². The summed E-state index contributed by atoms with van der Waals surface area (Å²) in [6.07, 6.45) is 0. The Hall–Kier alpha value is -1.24. The molecule has 1 saturated heterocycles. The van der Waals surface area contributed by atoms with E-state index in [1.807, 2.05) is 0 Å². The van der Waals surface area contributed by atoms with Gasteiger partial charge in [-0.3, -0.25) is 0 Å². The van der Waals surface area contributed by atoms with Crippen LogP contribution in [0.1, 0.15) is 5.56 Å². The highest BCUT2D eigenvalue weighted by atomic mass is 15.2. The number of para-hydroxylation sites is 1. The molecule has 0 spiro atoms. The second kappa shape index (κ2) is 2.67. The molecule has 0 bridgehead atoms. The van der Waals surface area contributed by atoms with Gasteiger partial charge in [-0.1, -0.05) is 24.8 Å². The van der Waals surface area contributed by atoms with Crippen molar-refractivity contribution in [2.24, 2.45) is 0 Å². The average molecular weight is 159 g/mol. The van der Waals surface area contributed by atoms with E-state index < -0.39 is 0 Å². The minimum Gasteiger partial charge on any atom is -0.363 e. The summed E-state index contributed by atoms with van der Waals surface area (Å²) in [6, 6.07) is 8.48. The van der Waals surface area contributed by atoms with Crippen molar-refractivity contribution < 1.29 is 0 Å². The van der Waals surface area contributed by atoms with Gasteiger partial charge in [-0.15, -0.1) is 0 Å². The zero-order valence-electron chi connectivity index (χ0n) is 7.38. The number of rotatable bonds is 1. The Morgan fingerprint density at radius 3 is 2.50 bits per heavy atom. The van der Waals surface area contributed by atoms with Gasteiger partial charge in [-0.05, 0) is 24.1 Å². The number of anilines is 1. The van der Waals surface area contributed by atoms with Gasteiger partial charge >= 0.3 is 0 Å². The quantitative estimate of drug-likeness (QED) is 0.569. The third-order valence-corrected chi connectivity index (χ3v) is 2.29. The Bertz CT molecular complexity index is 307. The van der Waals surface area contributed by atoms with Gasteiger partial charge in [-0.25, -0.2) is 0 Å². The maximum Gasteiger partial charge on any atom is 0.0407 e. The van der Waals surface area contributed by atoms with E-state index in [0.29, 0.717) is 0 Å². The van der Waals surface area contributed by atoms with Crippen molar-refractivity contribution in [1.29, 1.82) is 0 Å². The molecule has 1 aliphatic heterocycles. The molecule has 0 amide bonds. The molecule has 1 aromatic rings. The lowest BCUT2D eigenvalue weighted by atomic mass is 10.1.